The van der Waals surface area contributed by atoms with Gasteiger partial charge in [-0.15, -0.1) is 0 Å². The maximum Gasteiger partial charge on any atom is 0.315 e. The van der Waals surface area contributed by atoms with Crippen molar-refractivity contribution in [2.75, 3.05) is 36.4 Å². The van der Waals surface area contributed by atoms with Gasteiger partial charge in [-0.05, 0) is 43.2 Å². The van der Waals surface area contributed by atoms with Gasteiger partial charge in [0, 0.05) is 48.6 Å². The maximum absolute atomic E-state index is 12.7. The maximum atomic E-state index is 12.7. The molecular formula is C30H35N9O2. The van der Waals surface area contributed by atoms with Gasteiger partial charge < -0.3 is 25.4 Å². The molecule has 4 aromatic rings. The molecule has 1 amide bonds. The number of nitrogens with zero attached hydrogens (tertiary/aromatic N) is 6. The predicted octanol–water partition coefficient (Wildman–Crippen LogP) is 4.17. The van der Waals surface area contributed by atoms with E-state index in [1.54, 1.807) is 6.33 Å². The van der Waals surface area contributed by atoms with E-state index >= 15 is 0 Å². The van der Waals surface area contributed by atoms with Crippen LogP contribution in [0, 0.1) is 12.3 Å². The van der Waals surface area contributed by atoms with Crippen LogP contribution in [0.5, 0.6) is 0 Å². The van der Waals surface area contributed by atoms with E-state index < -0.39 is 5.91 Å². The lowest BCUT2D eigenvalue weighted by Crippen LogP contribution is -2.71. The van der Waals surface area contributed by atoms with E-state index in [2.05, 4.69) is 58.1 Å². The Kier molecular flexibility index (Phi) is 6.69. The van der Waals surface area contributed by atoms with E-state index in [0.29, 0.717) is 17.1 Å². The molecule has 11 heteroatoms. The number of rotatable bonds is 7. The summed E-state index contributed by atoms with van der Waals surface area (Å²) in [5, 5.41) is 13.6. The van der Waals surface area contributed by atoms with Crippen molar-refractivity contribution in [3.63, 3.8) is 0 Å². The van der Waals surface area contributed by atoms with Crippen LogP contribution in [0.3, 0.4) is 0 Å². The molecule has 1 spiro atoms. The minimum absolute atomic E-state index is 0.0404. The molecule has 0 radical (unpaired) electrons. The first-order valence-electron chi connectivity index (χ1n) is 13.9. The van der Waals surface area contributed by atoms with Gasteiger partial charge in [0.2, 0.25) is 0 Å². The molecule has 0 saturated carbocycles. The number of nitrogens with one attached hydrogen (secondary N) is 3. The summed E-state index contributed by atoms with van der Waals surface area (Å²) in [7, 11) is 0. The summed E-state index contributed by atoms with van der Waals surface area (Å²) in [6.07, 6.45) is 3.45. The van der Waals surface area contributed by atoms with Crippen LogP contribution in [0.2, 0.25) is 0 Å². The Bertz CT molecular complexity index is 1560. The van der Waals surface area contributed by atoms with Crippen molar-refractivity contribution < 1.29 is 9.32 Å². The molecule has 0 bridgehead atoms. The summed E-state index contributed by atoms with van der Waals surface area (Å²) >= 11 is 0. The number of carbonyl (C=O) groups excluding carboxylic acids is 1. The van der Waals surface area contributed by atoms with E-state index in [1.165, 1.54) is 0 Å². The number of hydrogen-bond acceptors (Lipinski definition) is 10. The van der Waals surface area contributed by atoms with Gasteiger partial charge in [-0.3, -0.25) is 4.79 Å². The van der Waals surface area contributed by atoms with Crippen molar-refractivity contribution in [2.45, 2.75) is 46.1 Å². The average molecular weight is 554 g/mol. The molecule has 5 heterocycles. The van der Waals surface area contributed by atoms with Crippen molar-refractivity contribution >= 4 is 23.2 Å². The van der Waals surface area contributed by atoms with Gasteiger partial charge in [0.05, 0.1) is 23.6 Å². The van der Waals surface area contributed by atoms with E-state index in [0.717, 1.165) is 60.1 Å². The van der Waals surface area contributed by atoms with Crippen LogP contribution < -0.4 is 20.9 Å². The quantitative estimate of drug-likeness (QED) is 0.306. The number of pyridine rings is 1. The monoisotopic (exact) mass is 553 g/mol. The zero-order valence-corrected chi connectivity index (χ0v) is 24.0. The van der Waals surface area contributed by atoms with Gasteiger partial charge in [-0.2, -0.15) is 4.98 Å². The summed E-state index contributed by atoms with van der Waals surface area (Å²) in [4.78, 5) is 32.8. The molecule has 2 aliphatic heterocycles. The Morgan fingerprint density at radius 2 is 1.88 bits per heavy atom. The molecule has 3 aromatic heterocycles. The lowest BCUT2D eigenvalue weighted by atomic mass is 9.74. The van der Waals surface area contributed by atoms with Crippen molar-refractivity contribution in [1.82, 2.24) is 35.7 Å². The van der Waals surface area contributed by atoms with Crippen molar-refractivity contribution in [1.29, 1.82) is 0 Å². The fourth-order valence-electron chi connectivity index (χ4n) is 5.29. The van der Waals surface area contributed by atoms with E-state index in [4.69, 9.17) is 4.52 Å². The minimum Gasteiger partial charge on any atom is -0.369 e. The molecule has 1 unspecified atom stereocenters. The molecule has 41 heavy (non-hydrogen) atoms. The second-order valence-corrected chi connectivity index (χ2v) is 12.2. The minimum atomic E-state index is -0.401. The smallest absolute Gasteiger partial charge is 0.315 e. The molecule has 0 aliphatic carbocycles. The van der Waals surface area contributed by atoms with Crippen LogP contribution in [0.1, 0.15) is 61.4 Å². The topological polar surface area (TPSA) is 134 Å². The number of carbonyl (C=O) groups is 1. The molecule has 3 N–H and O–H groups in total. The summed E-state index contributed by atoms with van der Waals surface area (Å²) in [5.41, 5.74) is 5.05. The molecule has 11 nitrogen and oxygen atoms in total. The first kappa shape index (κ1) is 26.8. The molecule has 1 aromatic carbocycles. The SMILES string of the molecule is Cc1cc(-c2cc(Nc3ccc(N4CC5(CNC5)C4)cn3)ncn2)ccc1C(C)NC(=O)c1nc(C(C)(C)C)no1. The van der Waals surface area contributed by atoms with Crippen LogP contribution in [-0.2, 0) is 5.41 Å². The third-order valence-corrected chi connectivity index (χ3v) is 7.76. The van der Waals surface area contributed by atoms with Crippen molar-refractivity contribution in [3.8, 4) is 11.3 Å². The van der Waals surface area contributed by atoms with Gasteiger partial charge in [0.25, 0.3) is 0 Å². The first-order chi connectivity index (χ1) is 19.6. The van der Waals surface area contributed by atoms with Crippen LogP contribution >= 0.6 is 0 Å². The Hall–Kier alpha value is -4.38. The number of benzene rings is 1. The first-order valence-corrected chi connectivity index (χ1v) is 13.9. The largest absolute Gasteiger partial charge is 0.369 e. The zero-order chi connectivity index (χ0) is 28.8. The fourth-order valence-corrected chi connectivity index (χ4v) is 5.29. The van der Waals surface area contributed by atoms with Gasteiger partial charge >= 0.3 is 11.8 Å². The highest BCUT2D eigenvalue weighted by molar-refractivity contribution is 5.89. The predicted molar refractivity (Wildman–Crippen MR) is 156 cm³/mol. The van der Waals surface area contributed by atoms with Crippen molar-refractivity contribution in [3.05, 3.63) is 71.8 Å². The number of anilines is 3. The van der Waals surface area contributed by atoms with E-state index in [-0.39, 0.29) is 17.3 Å². The van der Waals surface area contributed by atoms with Crippen LogP contribution in [0.15, 0.2) is 53.4 Å². The molecule has 2 saturated heterocycles. The third-order valence-electron chi connectivity index (χ3n) is 7.76. The standard InChI is InChI=1S/C30H35N9O2/c1-18-10-20(6-8-22(18)19(2)35-26(40)27-37-28(38-41-27)29(3,4)5)23-11-25(34-17-33-23)36-24-9-7-21(12-32-24)39-15-30(16-39)13-31-14-30/h6-12,17,19,31H,13-16H2,1-5H3,(H,35,40)(H,32,33,34,36). The lowest BCUT2D eigenvalue weighted by molar-refractivity contribution is 0.0895. The third kappa shape index (κ3) is 5.49. The van der Waals surface area contributed by atoms with Crippen LogP contribution in [0.25, 0.3) is 11.3 Å². The number of hydrogen-bond donors (Lipinski definition) is 3. The Morgan fingerprint density at radius 1 is 1.07 bits per heavy atom. The molecule has 1 atom stereocenters. The van der Waals surface area contributed by atoms with Gasteiger partial charge in [-0.1, -0.05) is 38.1 Å². The average Bonchev–Trinajstić information content (AvgIpc) is 3.40. The highest BCUT2D eigenvalue weighted by Crippen LogP contribution is 2.37. The second kappa shape index (κ2) is 10.2. The van der Waals surface area contributed by atoms with Gasteiger partial charge in [0.1, 0.15) is 18.0 Å². The molecule has 6 rings (SSSR count). The number of aryl methyl sites for hydroxylation is 1. The van der Waals surface area contributed by atoms with Crippen LogP contribution in [-0.4, -0.2) is 57.2 Å². The molecule has 2 fully saturated rings. The Morgan fingerprint density at radius 3 is 2.51 bits per heavy atom. The summed E-state index contributed by atoms with van der Waals surface area (Å²) in [6, 6.07) is 11.8. The highest BCUT2D eigenvalue weighted by atomic mass is 16.5. The molecule has 2 aliphatic rings. The molecular weight excluding hydrogens is 518 g/mol. The Labute approximate surface area is 239 Å². The second-order valence-electron chi connectivity index (χ2n) is 12.2. The van der Waals surface area contributed by atoms with Crippen LogP contribution in [0.4, 0.5) is 17.3 Å². The highest BCUT2D eigenvalue weighted by Gasteiger charge is 2.47. The summed E-state index contributed by atoms with van der Waals surface area (Å²) < 4.78 is 5.19. The molecule has 212 valence electrons. The zero-order valence-electron chi connectivity index (χ0n) is 24.0. The number of aromatic nitrogens is 5. The fraction of sp³-hybridized carbons (Fsp3) is 0.400. The lowest BCUT2D eigenvalue weighted by Gasteiger charge is -2.57. The van der Waals surface area contributed by atoms with Gasteiger partial charge in [0.15, 0.2) is 5.82 Å². The van der Waals surface area contributed by atoms with Gasteiger partial charge in [-0.25, -0.2) is 15.0 Å². The van der Waals surface area contributed by atoms with E-state index in [9.17, 15) is 4.79 Å². The van der Waals surface area contributed by atoms with Crippen molar-refractivity contribution in [2.24, 2.45) is 5.41 Å². The normalized spacial score (nSPS) is 16.6. The summed E-state index contributed by atoms with van der Waals surface area (Å²) in [6.45, 7) is 14.2. The Balaban J connectivity index is 1.10. The number of amides is 1. The van der Waals surface area contributed by atoms with E-state index in [1.807, 2.05) is 65.1 Å². The summed E-state index contributed by atoms with van der Waals surface area (Å²) in [5.74, 6) is 1.44.